The van der Waals surface area contributed by atoms with E-state index in [0.717, 1.165) is 15.4 Å². The van der Waals surface area contributed by atoms with E-state index in [1.54, 1.807) is 55.5 Å². The van der Waals surface area contributed by atoms with Gasteiger partial charge >= 0.3 is 0 Å². The maximum Gasteiger partial charge on any atom is 0.264 e. The molecule has 0 bridgehead atoms. The predicted octanol–water partition coefficient (Wildman–Crippen LogP) is 6.00. The minimum absolute atomic E-state index is 0.0458. The number of benzene rings is 3. The smallest absolute Gasteiger partial charge is 0.264 e. The SMILES string of the molecule is Cc1ccc(N(CC(=O)N(Cc2c(Cl)cccc2Cl)[C@H](C)C(=O)NCC(C)C)S(=O)(=O)c2ccccc2)cc1C. The number of anilines is 1. The van der Waals surface area contributed by atoms with Gasteiger partial charge in [-0.1, -0.05) is 67.4 Å². The van der Waals surface area contributed by atoms with Crippen molar-refractivity contribution in [2.75, 3.05) is 17.4 Å². The highest BCUT2D eigenvalue weighted by molar-refractivity contribution is 7.92. The quantitative estimate of drug-likeness (QED) is 0.291. The minimum atomic E-state index is -4.14. The van der Waals surface area contributed by atoms with Crippen LogP contribution in [0.15, 0.2) is 71.6 Å². The molecule has 10 heteroatoms. The number of carbonyl (C=O) groups is 2. The van der Waals surface area contributed by atoms with Crippen molar-refractivity contribution in [3.63, 3.8) is 0 Å². The third-order valence-corrected chi connectivity index (χ3v) is 9.13. The van der Waals surface area contributed by atoms with Gasteiger partial charge in [0.2, 0.25) is 11.8 Å². The van der Waals surface area contributed by atoms with Crippen LogP contribution in [0, 0.1) is 19.8 Å². The van der Waals surface area contributed by atoms with Crippen molar-refractivity contribution in [1.82, 2.24) is 10.2 Å². The maximum atomic E-state index is 14.0. The fourth-order valence-electron chi connectivity index (χ4n) is 4.02. The van der Waals surface area contributed by atoms with E-state index in [1.165, 1.54) is 17.0 Å². The van der Waals surface area contributed by atoms with E-state index >= 15 is 0 Å². The number of halogens is 2. The van der Waals surface area contributed by atoms with Gasteiger partial charge in [0.25, 0.3) is 10.0 Å². The van der Waals surface area contributed by atoms with Gasteiger partial charge in [0.05, 0.1) is 10.6 Å². The zero-order chi connectivity index (χ0) is 29.6. The highest BCUT2D eigenvalue weighted by Gasteiger charge is 2.33. The second kappa shape index (κ2) is 13.5. The second-order valence-corrected chi connectivity index (χ2v) is 12.8. The Bertz CT molecular complexity index is 1440. The molecule has 2 amide bonds. The summed E-state index contributed by atoms with van der Waals surface area (Å²) in [6.45, 7) is 9.14. The van der Waals surface area contributed by atoms with Crippen molar-refractivity contribution in [3.05, 3.63) is 93.5 Å². The lowest BCUT2D eigenvalue weighted by Gasteiger charge is -2.32. The maximum absolute atomic E-state index is 14.0. The molecule has 0 aromatic heterocycles. The first-order chi connectivity index (χ1) is 18.8. The Labute approximate surface area is 247 Å². The Kier molecular flexibility index (Phi) is 10.6. The first kappa shape index (κ1) is 31.5. The molecule has 7 nitrogen and oxygen atoms in total. The number of sulfonamides is 1. The molecule has 0 saturated heterocycles. The van der Waals surface area contributed by atoms with E-state index in [-0.39, 0.29) is 23.3 Å². The molecule has 1 atom stereocenters. The Morgan fingerprint density at radius 1 is 0.875 bits per heavy atom. The van der Waals surface area contributed by atoms with E-state index in [9.17, 15) is 18.0 Å². The van der Waals surface area contributed by atoms with Gasteiger partial charge < -0.3 is 10.2 Å². The second-order valence-electron chi connectivity index (χ2n) is 10.1. The molecule has 0 unspecified atom stereocenters. The third-order valence-electron chi connectivity index (χ3n) is 6.63. The number of carbonyl (C=O) groups excluding carboxylic acids is 2. The summed E-state index contributed by atoms with van der Waals surface area (Å²) in [5, 5.41) is 3.53. The molecular formula is C30H35Cl2N3O4S. The fraction of sp³-hybridized carbons (Fsp3) is 0.333. The Morgan fingerprint density at radius 3 is 2.08 bits per heavy atom. The normalized spacial score (nSPS) is 12.2. The summed E-state index contributed by atoms with van der Waals surface area (Å²) >= 11 is 12.8. The van der Waals surface area contributed by atoms with E-state index in [1.807, 2.05) is 33.8 Å². The molecular weight excluding hydrogens is 569 g/mol. The number of nitrogens with zero attached hydrogens (tertiary/aromatic N) is 2. The van der Waals surface area contributed by atoms with Crippen LogP contribution < -0.4 is 9.62 Å². The highest BCUT2D eigenvalue weighted by Crippen LogP contribution is 2.29. The Balaban J connectivity index is 2.06. The largest absolute Gasteiger partial charge is 0.354 e. The van der Waals surface area contributed by atoms with Crippen molar-refractivity contribution in [1.29, 1.82) is 0 Å². The Morgan fingerprint density at radius 2 is 1.50 bits per heavy atom. The number of amides is 2. The summed E-state index contributed by atoms with van der Waals surface area (Å²) in [6.07, 6.45) is 0. The average molecular weight is 605 g/mol. The summed E-state index contributed by atoms with van der Waals surface area (Å²) < 4.78 is 28.8. The average Bonchev–Trinajstić information content (AvgIpc) is 2.91. The molecule has 214 valence electrons. The number of rotatable bonds is 11. The molecule has 40 heavy (non-hydrogen) atoms. The Hall–Kier alpha value is -3.07. The van der Waals surface area contributed by atoms with Gasteiger partial charge in [-0.05, 0) is 74.2 Å². The minimum Gasteiger partial charge on any atom is -0.354 e. The van der Waals surface area contributed by atoms with Crippen LogP contribution in [-0.2, 0) is 26.2 Å². The lowest BCUT2D eigenvalue weighted by atomic mass is 10.1. The molecule has 3 aromatic rings. The summed E-state index contributed by atoms with van der Waals surface area (Å²) in [7, 11) is -4.14. The molecule has 1 N–H and O–H groups in total. The molecule has 3 rings (SSSR count). The summed E-state index contributed by atoms with van der Waals surface area (Å²) in [4.78, 5) is 28.5. The predicted molar refractivity (Wildman–Crippen MR) is 161 cm³/mol. The van der Waals surface area contributed by atoms with Crippen LogP contribution in [0.3, 0.4) is 0 Å². The van der Waals surface area contributed by atoms with Gasteiger partial charge in [0, 0.05) is 28.7 Å². The molecule has 0 aliphatic carbocycles. The summed E-state index contributed by atoms with van der Waals surface area (Å²) in [5.74, 6) is -0.746. The molecule has 0 heterocycles. The van der Waals surface area contributed by atoms with Gasteiger partial charge in [-0.2, -0.15) is 0 Å². The molecule has 3 aromatic carbocycles. The molecule has 0 radical (unpaired) electrons. The standard InChI is InChI=1S/C30H35Cl2N3O4S/c1-20(2)17-33-30(37)23(5)34(18-26-27(31)12-9-13-28(26)32)29(36)19-35(24-15-14-21(3)22(4)16-24)40(38,39)25-10-7-6-8-11-25/h6-16,20,23H,17-19H2,1-5H3,(H,33,37)/t23-/m1/s1. The van der Waals surface area contributed by atoms with E-state index in [0.29, 0.717) is 27.8 Å². The monoisotopic (exact) mass is 603 g/mol. The van der Waals surface area contributed by atoms with Crippen molar-refractivity contribution < 1.29 is 18.0 Å². The molecule has 0 aliphatic rings. The topological polar surface area (TPSA) is 86.8 Å². The van der Waals surface area contributed by atoms with Gasteiger partial charge in [0.15, 0.2) is 0 Å². The van der Waals surface area contributed by atoms with Crippen LogP contribution in [0.2, 0.25) is 10.0 Å². The van der Waals surface area contributed by atoms with Crippen LogP contribution in [0.4, 0.5) is 5.69 Å². The van der Waals surface area contributed by atoms with E-state index in [4.69, 9.17) is 23.2 Å². The molecule has 0 saturated carbocycles. The van der Waals surface area contributed by atoms with Crippen LogP contribution >= 0.6 is 23.2 Å². The van der Waals surface area contributed by atoms with Crippen molar-refractivity contribution in [2.24, 2.45) is 5.92 Å². The van der Waals surface area contributed by atoms with Crippen LogP contribution in [-0.4, -0.2) is 44.3 Å². The molecule has 0 spiro atoms. The van der Waals surface area contributed by atoms with E-state index in [2.05, 4.69) is 5.32 Å². The zero-order valence-corrected chi connectivity index (χ0v) is 25.6. The summed E-state index contributed by atoms with van der Waals surface area (Å²) in [5.41, 5.74) is 2.66. The van der Waals surface area contributed by atoms with Crippen molar-refractivity contribution in [2.45, 2.75) is 52.1 Å². The highest BCUT2D eigenvalue weighted by atomic mass is 35.5. The van der Waals surface area contributed by atoms with Gasteiger partial charge in [-0.15, -0.1) is 0 Å². The first-order valence-electron chi connectivity index (χ1n) is 13.0. The van der Waals surface area contributed by atoms with Gasteiger partial charge in [-0.3, -0.25) is 13.9 Å². The first-order valence-corrected chi connectivity index (χ1v) is 15.2. The molecule has 0 aliphatic heterocycles. The lowest BCUT2D eigenvalue weighted by Crippen LogP contribution is -2.51. The number of hydrogen-bond donors (Lipinski definition) is 1. The van der Waals surface area contributed by atoms with Crippen molar-refractivity contribution in [3.8, 4) is 0 Å². The molecule has 0 fully saturated rings. The van der Waals surface area contributed by atoms with Crippen LogP contribution in [0.1, 0.15) is 37.5 Å². The fourth-order valence-corrected chi connectivity index (χ4v) is 5.96. The number of hydrogen-bond acceptors (Lipinski definition) is 4. The third kappa shape index (κ3) is 7.56. The lowest BCUT2D eigenvalue weighted by molar-refractivity contribution is -0.139. The van der Waals surface area contributed by atoms with Gasteiger partial charge in [0.1, 0.15) is 12.6 Å². The van der Waals surface area contributed by atoms with Crippen molar-refractivity contribution >= 4 is 50.7 Å². The number of aryl methyl sites for hydroxylation is 2. The number of nitrogens with one attached hydrogen (secondary N) is 1. The summed E-state index contributed by atoms with van der Waals surface area (Å²) in [6, 6.07) is 17.2. The van der Waals surface area contributed by atoms with Crippen LogP contribution in [0.5, 0.6) is 0 Å². The van der Waals surface area contributed by atoms with E-state index < -0.39 is 28.5 Å². The van der Waals surface area contributed by atoms with Gasteiger partial charge in [-0.25, -0.2) is 8.42 Å². The van der Waals surface area contributed by atoms with Crippen LogP contribution in [0.25, 0.3) is 0 Å². The zero-order valence-electron chi connectivity index (χ0n) is 23.3.